The van der Waals surface area contributed by atoms with Gasteiger partial charge in [0.1, 0.15) is 0 Å². The van der Waals surface area contributed by atoms with Crippen LogP contribution in [0.5, 0.6) is 0 Å². The first-order valence-electron chi connectivity index (χ1n) is 7.24. The highest BCUT2D eigenvalue weighted by molar-refractivity contribution is 5.95. The second kappa shape index (κ2) is 5.56. The molecule has 4 nitrogen and oxygen atoms in total. The van der Waals surface area contributed by atoms with Gasteiger partial charge < -0.3 is 0 Å². The number of benzene rings is 2. The number of carbonyl (C=O) groups is 1. The van der Waals surface area contributed by atoms with Crippen LogP contribution in [-0.2, 0) is 0 Å². The number of hydrogen-bond donors (Lipinski definition) is 0. The van der Waals surface area contributed by atoms with E-state index in [1.807, 2.05) is 37.3 Å². The van der Waals surface area contributed by atoms with Gasteiger partial charge in [0, 0.05) is 6.42 Å². The van der Waals surface area contributed by atoms with Gasteiger partial charge in [0.25, 0.3) is 5.56 Å². The fourth-order valence-electron chi connectivity index (χ4n) is 2.52. The highest BCUT2D eigenvalue weighted by Gasteiger charge is 2.18. The van der Waals surface area contributed by atoms with Crippen LogP contribution in [0.25, 0.3) is 16.6 Å². The number of aromatic nitrogens is 2. The van der Waals surface area contributed by atoms with Crippen molar-refractivity contribution in [1.82, 2.24) is 9.55 Å². The van der Waals surface area contributed by atoms with Crippen LogP contribution in [0.1, 0.15) is 29.5 Å². The van der Waals surface area contributed by atoms with Gasteiger partial charge in [-0.1, -0.05) is 37.3 Å². The van der Waals surface area contributed by atoms with Crippen molar-refractivity contribution in [2.24, 2.45) is 0 Å². The lowest BCUT2D eigenvalue weighted by atomic mass is 10.1. The monoisotopic (exact) mass is 292 g/mol. The molecule has 0 saturated carbocycles. The third-order valence-corrected chi connectivity index (χ3v) is 3.70. The zero-order valence-corrected chi connectivity index (χ0v) is 12.5. The summed E-state index contributed by atoms with van der Waals surface area (Å²) >= 11 is 0. The van der Waals surface area contributed by atoms with E-state index in [0.29, 0.717) is 23.0 Å². The maximum Gasteiger partial charge on any atom is 0.266 e. The SMILES string of the molecule is CCC(=O)c1nc2ccccc2c(=O)n1-c1ccccc1C. The van der Waals surface area contributed by atoms with E-state index in [4.69, 9.17) is 0 Å². The predicted octanol–water partition coefficient (Wildman–Crippen LogP) is 3.29. The number of carbonyl (C=O) groups excluding carboxylic acids is 1. The van der Waals surface area contributed by atoms with E-state index >= 15 is 0 Å². The Morgan fingerprint density at radius 3 is 2.50 bits per heavy atom. The van der Waals surface area contributed by atoms with Crippen molar-refractivity contribution in [3.8, 4) is 5.69 Å². The average molecular weight is 292 g/mol. The predicted molar refractivity (Wildman–Crippen MR) is 86.7 cm³/mol. The Morgan fingerprint density at radius 2 is 1.77 bits per heavy atom. The highest BCUT2D eigenvalue weighted by atomic mass is 16.1. The summed E-state index contributed by atoms with van der Waals surface area (Å²) in [6, 6.07) is 14.6. The van der Waals surface area contributed by atoms with E-state index in [2.05, 4.69) is 4.98 Å². The molecule has 0 aliphatic carbocycles. The highest BCUT2D eigenvalue weighted by Crippen LogP contribution is 2.17. The number of Topliss-reactive ketones (excluding diaryl/α,β-unsaturated/α-hetero) is 1. The van der Waals surface area contributed by atoms with Gasteiger partial charge in [0.2, 0.25) is 0 Å². The molecular weight excluding hydrogens is 276 g/mol. The molecule has 3 rings (SSSR count). The Hall–Kier alpha value is -2.75. The number of para-hydroxylation sites is 2. The number of hydrogen-bond acceptors (Lipinski definition) is 3. The van der Waals surface area contributed by atoms with Gasteiger partial charge in [-0.2, -0.15) is 0 Å². The number of rotatable bonds is 3. The molecule has 2 aromatic carbocycles. The molecule has 0 saturated heterocycles. The third kappa shape index (κ3) is 2.22. The Labute approximate surface area is 128 Å². The molecule has 0 bridgehead atoms. The molecule has 0 amide bonds. The molecule has 110 valence electrons. The van der Waals surface area contributed by atoms with Crippen molar-refractivity contribution in [2.75, 3.05) is 0 Å². The molecule has 0 unspecified atom stereocenters. The number of nitrogens with zero attached hydrogens (tertiary/aromatic N) is 2. The van der Waals surface area contributed by atoms with Crippen LogP contribution < -0.4 is 5.56 Å². The Bertz CT molecular complexity index is 926. The van der Waals surface area contributed by atoms with Gasteiger partial charge in [0.05, 0.1) is 16.6 Å². The second-order valence-electron chi connectivity index (χ2n) is 5.16. The van der Waals surface area contributed by atoms with Crippen LogP contribution in [0.4, 0.5) is 0 Å². The van der Waals surface area contributed by atoms with E-state index in [0.717, 1.165) is 5.56 Å². The van der Waals surface area contributed by atoms with Crippen molar-refractivity contribution >= 4 is 16.7 Å². The fraction of sp³-hybridized carbons (Fsp3) is 0.167. The van der Waals surface area contributed by atoms with Crippen LogP contribution in [-0.4, -0.2) is 15.3 Å². The van der Waals surface area contributed by atoms with Crippen molar-refractivity contribution in [3.63, 3.8) is 0 Å². The summed E-state index contributed by atoms with van der Waals surface area (Å²) < 4.78 is 1.43. The van der Waals surface area contributed by atoms with Crippen molar-refractivity contribution in [1.29, 1.82) is 0 Å². The summed E-state index contributed by atoms with van der Waals surface area (Å²) in [5.74, 6) is 0.0478. The zero-order chi connectivity index (χ0) is 15.7. The first-order chi connectivity index (χ1) is 10.6. The molecule has 4 heteroatoms. The molecule has 1 aromatic heterocycles. The van der Waals surface area contributed by atoms with Crippen LogP contribution in [0.15, 0.2) is 53.3 Å². The van der Waals surface area contributed by atoms with Gasteiger partial charge in [-0.25, -0.2) is 4.98 Å². The molecule has 0 spiro atoms. The average Bonchev–Trinajstić information content (AvgIpc) is 2.55. The summed E-state index contributed by atoms with van der Waals surface area (Å²) in [4.78, 5) is 29.6. The van der Waals surface area contributed by atoms with Gasteiger partial charge >= 0.3 is 0 Å². The minimum absolute atomic E-state index is 0.147. The first-order valence-corrected chi connectivity index (χ1v) is 7.24. The number of ketones is 1. The molecule has 1 heterocycles. The Kier molecular flexibility index (Phi) is 3.59. The van der Waals surface area contributed by atoms with E-state index in [-0.39, 0.29) is 17.2 Å². The van der Waals surface area contributed by atoms with Crippen LogP contribution in [0.3, 0.4) is 0 Å². The van der Waals surface area contributed by atoms with Crippen molar-refractivity contribution in [2.45, 2.75) is 20.3 Å². The van der Waals surface area contributed by atoms with E-state index < -0.39 is 0 Å². The molecule has 0 aliphatic heterocycles. The minimum Gasteiger partial charge on any atom is -0.291 e. The van der Waals surface area contributed by atoms with Gasteiger partial charge in [-0.15, -0.1) is 0 Å². The van der Waals surface area contributed by atoms with Crippen LogP contribution >= 0.6 is 0 Å². The second-order valence-corrected chi connectivity index (χ2v) is 5.16. The summed E-state index contributed by atoms with van der Waals surface area (Å²) in [6.45, 7) is 3.68. The molecule has 0 atom stereocenters. The Balaban J connectivity index is 2.46. The summed E-state index contributed by atoms with van der Waals surface area (Å²) in [7, 11) is 0. The first kappa shape index (κ1) is 14.2. The largest absolute Gasteiger partial charge is 0.291 e. The fourth-order valence-corrected chi connectivity index (χ4v) is 2.52. The van der Waals surface area contributed by atoms with Gasteiger partial charge in [-0.3, -0.25) is 14.2 Å². The lowest BCUT2D eigenvalue weighted by molar-refractivity contribution is 0.0975. The topological polar surface area (TPSA) is 52.0 Å². The normalized spacial score (nSPS) is 10.8. The van der Waals surface area contributed by atoms with E-state index in [1.165, 1.54) is 4.57 Å². The number of fused-ring (bicyclic) bond motifs is 1. The molecule has 22 heavy (non-hydrogen) atoms. The molecule has 0 aliphatic rings. The quantitative estimate of drug-likeness (QED) is 0.696. The third-order valence-electron chi connectivity index (χ3n) is 3.70. The van der Waals surface area contributed by atoms with Crippen LogP contribution in [0, 0.1) is 6.92 Å². The Morgan fingerprint density at radius 1 is 1.09 bits per heavy atom. The summed E-state index contributed by atoms with van der Waals surface area (Å²) in [5, 5.41) is 0.512. The summed E-state index contributed by atoms with van der Waals surface area (Å²) in [5.41, 5.74) is 1.96. The molecule has 3 aromatic rings. The standard InChI is InChI=1S/C18H16N2O2/c1-3-16(21)17-19-14-10-6-5-9-13(14)18(22)20(17)15-11-7-4-8-12(15)2/h4-11H,3H2,1-2H3. The lowest BCUT2D eigenvalue weighted by Gasteiger charge is -2.14. The van der Waals surface area contributed by atoms with Gasteiger partial charge in [0.15, 0.2) is 11.6 Å². The van der Waals surface area contributed by atoms with E-state index in [9.17, 15) is 9.59 Å². The zero-order valence-electron chi connectivity index (χ0n) is 12.5. The number of aryl methyl sites for hydroxylation is 1. The minimum atomic E-state index is -0.211. The smallest absolute Gasteiger partial charge is 0.266 e. The molecule has 0 N–H and O–H groups in total. The van der Waals surface area contributed by atoms with Crippen molar-refractivity contribution < 1.29 is 4.79 Å². The van der Waals surface area contributed by atoms with Crippen LogP contribution in [0.2, 0.25) is 0 Å². The maximum absolute atomic E-state index is 12.9. The van der Waals surface area contributed by atoms with E-state index in [1.54, 1.807) is 25.1 Å². The summed E-state index contributed by atoms with van der Waals surface area (Å²) in [6.07, 6.45) is 0.302. The molecule has 0 fully saturated rings. The van der Waals surface area contributed by atoms with Gasteiger partial charge in [-0.05, 0) is 30.7 Å². The molecular formula is C18H16N2O2. The maximum atomic E-state index is 12.9. The molecule has 0 radical (unpaired) electrons. The van der Waals surface area contributed by atoms with Crippen molar-refractivity contribution in [3.05, 3.63) is 70.3 Å². The lowest BCUT2D eigenvalue weighted by Crippen LogP contribution is -2.27.